The van der Waals surface area contributed by atoms with Crippen LogP contribution in [0.1, 0.15) is 12.5 Å². The van der Waals surface area contributed by atoms with Crippen molar-refractivity contribution in [2.75, 3.05) is 20.3 Å². The van der Waals surface area contributed by atoms with Crippen LogP contribution >= 0.6 is 0 Å². The molecule has 1 aromatic rings. The van der Waals surface area contributed by atoms with Crippen LogP contribution in [0.25, 0.3) is 0 Å². The van der Waals surface area contributed by atoms with Gasteiger partial charge in [0.1, 0.15) is 0 Å². The fraction of sp³-hybridized carbons (Fsp3) is 0.462. The molecule has 0 saturated heterocycles. The third kappa shape index (κ3) is 4.03. The molecule has 7 heteroatoms. The van der Waals surface area contributed by atoms with Crippen molar-refractivity contribution >= 4 is 16.0 Å². The van der Waals surface area contributed by atoms with Crippen molar-refractivity contribution in [2.24, 2.45) is 0 Å². The van der Waals surface area contributed by atoms with Gasteiger partial charge in [-0.25, -0.2) is 8.42 Å². The van der Waals surface area contributed by atoms with Gasteiger partial charge < -0.3 is 9.84 Å². The maximum atomic E-state index is 12.3. The van der Waals surface area contributed by atoms with Crippen LogP contribution in [-0.2, 0) is 26.1 Å². The second-order valence-electron chi connectivity index (χ2n) is 4.25. The van der Waals surface area contributed by atoms with Crippen molar-refractivity contribution in [3.8, 4) is 0 Å². The highest BCUT2D eigenvalue weighted by molar-refractivity contribution is 7.90. The molecule has 0 saturated carbocycles. The molecular weight excluding hydrogens is 282 g/mol. The topological polar surface area (TPSA) is 83.9 Å². The number of methoxy groups -OCH3 is 1. The second kappa shape index (κ2) is 7.37. The highest BCUT2D eigenvalue weighted by Gasteiger charge is 2.34. The standard InChI is InChI=1S/C13H19NO5S/c1-11(13(16)19-2)20(17,18)14(8-9-15)10-12-6-4-3-5-7-12/h3-7,11,15H,8-10H2,1-2H3. The number of aliphatic hydroxyl groups is 1. The van der Waals surface area contributed by atoms with Gasteiger partial charge in [0.05, 0.1) is 13.7 Å². The lowest BCUT2D eigenvalue weighted by molar-refractivity contribution is -0.139. The second-order valence-corrected chi connectivity index (χ2v) is 6.51. The summed E-state index contributed by atoms with van der Waals surface area (Å²) in [7, 11) is -2.73. The normalized spacial score (nSPS) is 13.2. The van der Waals surface area contributed by atoms with Crippen LogP contribution in [0.2, 0.25) is 0 Å². The van der Waals surface area contributed by atoms with E-state index in [2.05, 4.69) is 4.74 Å². The number of carbonyl (C=O) groups is 1. The third-order valence-electron chi connectivity index (χ3n) is 2.89. The minimum absolute atomic E-state index is 0.0709. The molecule has 112 valence electrons. The van der Waals surface area contributed by atoms with Gasteiger partial charge in [-0.15, -0.1) is 0 Å². The van der Waals surface area contributed by atoms with E-state index in [9.17, 15) is 13.2 Å². The molecule has 0 bridgehead atoms. The van der Waals surface area contributed by atoms with Crippen molar-refractivity contribution in [3.05, 3.63) is 35.9 Å². The molecule has 0 fully saturated rings. The summed E-state index contributed by atoms with van der Waals surface area (Å²) in [5, 5.41) is 7.73. The van der Waals surface area contributed by atoms with E-state index < -0.39 is 21.2 Å². The van der Waals surface area contributed by atoms with Crippen molar-refractivity contribution in [1.82, 2.24) is 4.31 Å². The van der Waals surface area contributed by atoms with Gasteiger partial charge in [0.2, 0.25) is 10.0 Å². The molecular formula is C13H19NO5S. The number of rotatable bonds is 7. The molecule has 1 unspecified atom stereocenters. The summed E-state index contributed by atoms with van der Waals surface area (Å²) in [6.45, 7) is 0.986. The van der Waals surface area contributed by atoms with Gasteiger partial charge in [-0.2, -0.15) is 4.31 Å². The van der Waals surface area contributed by atoms with Crippen molar-refractivity contribution in [3.63, 3.8) is 0 Å². The van der Waals surface area contributed by atoms with Crippen LogP contribution in [0.4, 0.5) is 0 Å². The maximum Gasteiger partial charge on any atom is 0.325 e. The van der Waals surface area contributed by atoms with Crippen LogP contribution in [0.15, 0.2) is 30.3 Å². The molecule has 0 aliphatic rings. The zero-order valence-electron chi connectivity index (χ0n) is 11.5. The van der Waals surface area contributed by atoms with Crippen LogP contribution in [-0.4, -0.2) is 49.3 Å². The number of hydrogen-bond donors (Lipinski definition) is 1. The molecule has 1 rings (SSSR count). The maximum absolute atomic E-state index is 12.3. The molecule has 1 N–H and O–H groups in total. The number of nitrogens with zero attached hydrogens (tertiary/aromatic N) is 1. The van der Waals surface area contributed by atoms with E-state index in [0.717, 1.165) is 17.0 Å². The predicted octanol–water partition coefficient (Wildman–Crippen LogP) is 0.372. The molecule has 0 spiro atoms. The van der Waals surface area contributed by atoms with Crippen molar-refractivity contribution < 1.29 is 23.1 Å². The monoisotopic (exact) mass is 301 g/mol. The highest BCUT2D eigenvalue weighted by atomic mass is 32.2. The lowest BCUT2D eigenvalue weighted by Gasteiger charge is -2.24. The number of benzene rings is 1. The third-order valence-corrected chi connectivity index (χ3v) is 5.01. The summed E-state index contributed by atoms with van der Waals surface area (Å²) in [5.41, 5.74) is 0.779. The van der Waals surface area contributed by atoms with E-state index in [1.807, 2.05) is 6.07 Å². The Labute approximate surface area is 119 Å². The van der Waals surface area contributed by atoms with E-state index >= 15 is 0 Å². The average Bonchev–Trinajstić information content (AvgIpc) is 2.46. The van der Waals surface area contributed by atoms with Gasteiger partial charge in [0, 0.05) is 13.1 Å². The lowest BCUT2D eigenvalue weighted by Crippen LogP contribution is -2.42. The van der Waals surface area contributed by atoms with E-state index in [0.29, 0.717) is 0 Å². The first-order chi connectivity index (χ1) is 9.43. The number of carbonyl (C=O) groups excluding carboxylic acids is 1. The lowest BCUT2D eigenvalue weighted by atomic mass is 10.2. The zero-order valence-corrected chi connectivity index (χ0v) is 12.3. The average molecular weight is 301 g/mol. The molecule has 0 radical (unpaired) electrons. The Balaban J connectivity index is 2.98. The molecule has 20 heavy (non-hydrogen) atoms. The van der Waals surface area contributed by atoms with Gasteiger partial charge in [-0.3, -0.25) is 4.79 Å². The fourth-order valence-corrected chi connectivity index (χ4v) is 3.16. The van der Waals surface area contributed by atoms with Gasteiger partial charge >= 0.3 is 5.97 Å². The summed E-state index contributed by atoms with van der Waals surface area (Å²) in [6.07, 6.45) is 0. The summed E-state index contributed by atoms with van der Waals surface area (Å²) in [6, 6.07) is 8.97. The molecule has 1 aromatic carbocycles. The molecule has 6 nitrogen and oxygen atoms in total. The quantitative estimate of drug-likeness (QED) is 0.736. The Morgan fingerprint density at radius 2 is 1.95 bits per heavy atom. The number of sulfonamides is 1. The first kappa shape index (κ1) is 16.6. The SMILES string of the molecule is COC(=O)C(C)S(=O)(=O)N(CCO)Cc1ccccc1. The van der Waals surface area contributed by atoms with E-state index in [-0.39, 0.29) is 19.7 Å². The first-order valence-electron chi connectivity index (χ1n) is 6.15. The summed E-state index contributed by atoms with van der Waals surface area (Å²) in [4.78, 5) is 11.4. The highest BCUT2D eigenvalue weighted by Crippen LogP contribution is 2.14. The van der Waals surface area contributed by atoms with Crippen molar-refractivity contribution in [1.29, 1.82) is 0 Å². The number of esters is 1. The summed E-state index contributed by atoms with van der Waals surface area (Å²) >= 11 is 0. The summed E-state index contributed by atoms with van der Waals surface area (Å²) in [5.74, 6) is -0.819. The van der Waals surface area contributed by atoms with E-state index in [1.165, 1.54) is 6.92 Å². The number of ether oxygens (including phenoxy) is 1. The van der Waals surface area contributed by atoms with Crippen LogP contribution < -0.4 is 0 Å². The van der Waals surface area contributed by atoms with Crippen LogP contribution in [0.5, 0.6) is 0 Å². The number of hydrogen-bond acceptors (Lipinski definition) is 5. The van der Waals surface area contributed by atoms with Crippen LogP contribution in [0, 0.1) is 0 Å². The minimum Gasteiger partial charge on any atom is -0.468 e. The smallest absolute Gasteiger partial charge is 0.325 e. The predicted molar refractivity (Wildman–Crippen MR) is 74.3 cm³/mol. The molecule has 0 aliphatic heterocycles. The molecule has 0 aromatic heterocycles. The zero-order chi connectivity index (χ0) is 15.2. The molecule has 0 aliphatic carbocycles. The van der Waals surface area contributed by atoms with E-state index in [1.54, 1.807) is 24.3 Å². The molecule has 1 atom stereocenters. The first-order valence-corrected chi connectivity index (χ1v) is 7.65. The Morgan fingerprint density at radius 1 is 1.35 bits per heavy atom. The Morgan fingerprint density at radius 3 is 2.45 bits per heavy atom. The largest absolute Gasteiger partial charge is 0.468 e. The van der Waals surface area contributed by atoms with Gasteiger partial charge in [-0.05, 0) is 12.5 Å². The Bertz CT molecular complexity index is 529. The van der Waals surface area contributed by atoms with Gasteiger partial charge in [0.15, 0.2) is 5.25 Å². The molecule has 0 heterocycles. The van der Waals surface area contributed by atoms with Gasteiger partial charge in [0.25, 0.3) is 0 Å². The fourth-order valence-electron chi connectivity index (χ4n) is 1.71. The van der Waals surface area contributed by atoms with Gasteiger partial charge in [-0.1, -0.05) is 30.3 Å². The number of aliphatic hydroxyl groups excluding tert-OH is 1. The molecule has 0 amide bonds. The minimum atomic E-state index is -3.87. The van der Waals surface area contributed by atoms with Crippen LogP contribution in [0.3, 0.4) is 0 Å². The van der Waals surface area contributed by atoms with E-state index in [4.69, 9.17) is 5.11 Å². The Kier molecular flexibility index (Phi) is 6.12. The Hall–Kier alpha value is -1.44. The van der Waals surface area contributed by atoms with Crippen molar-refractivity contribution in [2.45, 2.75) is 18.7 Å². The summed E-state index contributed by atoms with van der Waals surface area (Å²) < 4.78 is 30.2.